The molecule has 1 aliphatic rings. The molecule has 0 spiro atoms. The molecule has 1 saturated heterocycles. The first kappa shape index (κ1) is 26.8. The molecular weight excluding hydrogens is 477 g/mol. The number of benzene rings is 1. The van der Waals surface area contributed by atoms with Crippen molar-refractivity contribution in [3.63, 3.8) is 0 Å². The van der Waals surface area contributed by atoms with Crippen LogP contribution in [0.3, 0.4) is 0 Å². The van der Waals surface area contributed by atoms with Crippen LogP contribution in [0.2, 0.25) is 0 Å². The fraction of sp³-hybridized carbons (Fsp3) is 0.438. The molecule has 0 unspecified atom stereocenters. The van der Waals surface area contributed by atoms with Gasteiger partial charge in [-0.25, -0.2) is 9.18 Å². The number of rotatable bonds is 5. The largest absolute Gasteiger partial charge is 1.00 e. The van der Waals surface area contributed by atoms with Gasteiger partial charge in [0.25, 0.3) is 10.1 Å². The molecule has 2 aromatic rings. The predicted molar refractivity (Wildman–Crippen MR) is 94.8 cm³/mol. The average Bonchev–Trinajstić information content (AvgIpc) is 2.69. The summed E-state index contributed by atoms with van der Waals surface area (Å²) in [5, 5.41) is 47.5. The number of aromatic hydroxyl groups is 1. The summed E-state index contributed by atoms with van der Waals surface area (Å²) in [5.41, 5.74) is -3.44. The summed E-state index contributed by atoms with van der Waals surface area (Å²) in [5.74, 6) is -7.29. The van der Waals surface area contributed by atoms with Crippen molar-refractivity contribution in [3.05, 3.63) is 33.7 Å². The fourth-order valence-electron chi connectivity index (χ4n) is 3.03. The minimum absolute atomic E-state index is 0. The molecule has 0 saturated carbocycles. The Hall–Kier alpha value is -1.40. The average molecular weight is 494 g/mol. The number of hydrogen-bond acceptors (Lipinski definition) is 11. The Balaban J connectivity index is 0.00000272. The summed E-state index contributed by atoms with van der Waals surface area (Å²) in [7, 11) is -4.93. The molecule has 1 aliphatic heterocycles. The first-order valence-electron chi connectivity index (χ1n) is 8.44. The van der Waals surface area contributed by atoms with Crippen molar-refractivity contribution in [2.75, 3.05) is 6.61 Å². The zero-order valence-corrected chi connectivity index (χ0v) is 19.0. The van der Waals surface area contributed by atoms with Crippen LogP contribution in [-0.2, 0) is 20.6 Å². The van der Waals surface area contributed by atoms with E-state index in [9.17, 15) is 52.1 Å². The van der Waals surface area contributed by atoms with Crippen molar-refractivity contribution in [2.45, 2.75) is 36.5 Å². The van der Waals surface area contributed by atoms with Crippen molar-refractivity contribution in [1.29, 1.82) is 0 Å². The van der Waals surface area contributed by atoms with Crippen molar-refractivity contribution in [3.8, 4) is 11.5 Å². The van der Waals surface area contributed by atoms with Crippen LogP contribution < -0.4 is 39.9 Å². The molecule has 32 heavy (non-hydrogen) atoms. The van der Waals surface area contributed by atoms with Crippen LogP contribution >= 0.6 is 0 Å². The SMILES string of the molecule is O=c1oc2c(F)c(O)c(F)cc2c(CS(=O)(=O)O)c1O[C@@H]1O[C@H](CO)[C@H](O)[C@H](O)[C@H]1O.[H-].[Na+]. The maximum Gasteiger partial charge on any atom is 1.00 e. The smallest absolute Gasteiger partial charge is 1.00 e. The molecule has 174 valence electrons. The number of aliphatic hydroxyl groups is 4. The third kappa shape index (κ3) is 5.06. The quantitative estimate of drug-likeness (QED) is 0.132. The zero-order valence-electron chi connectivity index (χ0n) is 17.2. The van der Waals surface area contributed by atoms with E-state index in [2.05, 4.69) is 4.42 Å². The second-order valence-corrected chi connectivity index (χ2v) is 8.09. The van der Waals surface area contributed by atoms with E-state index in [1.165, 1.54) is 0 Å². The Kier molecular flexibility index (Phi) is 8.26. The molecule has 2 heterocycles. The third-order valence-electron chi connectivity index (χ3n) is 4.54. The van der Waals surface area contributed by atoms with Gasteiger partial charge in [-0.3, -0.25) is 4.55 Å². The van der Waals surface area contributed by atoms with Crippen LogP contribution in [0.5, 0.6) is 11.5 Å². The van der Waals surface area contributed by atoms with Crippen molar-refractivity contribution in [2.24, 2.45) is 0 Å². The van der Waals surface area contributed by atoms with Gasteiger partial charge in [0.05, 0.1) is 6.61 Å². The molecule has 1 aromatic carbocycles. The van der Waals surface area contributed by atoms with Gasteiger partial charge < -0.3 is 40.9 Å². The van der Waals surface area contributed by atoms with Gasteiger partial charge in [-0.1, -0.05) is 0 Å². The number of aliphatic hydroxyl groups excluding tert-OH is 4. The van der Waals surface area contributed by atoms with Gasteiger partial charge in [0.15, 0.2) is 17.1 Å². The molecule has 0 radical (unpaired) electrons. The number of ether oxygens (including phenoxy) is 2. The molecule has 12 nitrogen and oxygen atoms in total. The molecule has 3 rings (SSSR count). The van der Waals surface area contributed by atoms with Crippen LogP contribution in [0.4, 0.5) is 8.78 Å². The second kappa shape index (κ2) is 9.84. The Labute approximate surface area is 201 Å². The van der Waals surface area contributed by atoms with Crippen molar-refractivity contribution in [1.82, 2.24) is 0 Å². The molecule has 6 N–H and O–H groups in total. The number of phenols is 1. The first-order valence-corrected chi connectivity index (χ1v) is 10.1. The van der Waals surface area contributed by atoms with Crippen molar-refractivity contribution < 1.29 is 92.2 Å². The van der Waals surface area contributed by atoms with E-state index in [-0.39, 0.29) is 31.0 Å². The van der Waals surface area contributed by atoms with Gasteiger partial charge in [-0.15, -0.1) is 0 Å². The van der Waals surface area contributed by atoms with E-state index in [1.807, 2.05) is 0 Å². The normalized spacial score (nSPS) is 26.0. The molecule has 0 aliphatic carbocycles. The monoisotopic (exact) mass is 494 g/mol. The van der Waals surface area contributed by atoms with Gasteiger partial charge in [0, 0.05) is 10.9 Å². The molecule has 1 aromatic heterocycles. The van der Waals surface area contributed by atoms with Gasteiger partial charge in [-0.05, 0) is 6.07 Å². The van der Waals surface area contributed by atoms with E-state index in [0.29, 0.717) is 6.07 Å². The summed E-state index contributed by atoms with van der Waals surface area (Å²) in [6, 6.07) is 0.414. The molecule has 5 atom stereocenters. The maximum atomic E-state index is 14.2. The van der Waals surface area contributed by atoms with Gasteiger partial charge in [0.1, 0.15) is 30.2 Å². The minimum atomic E-state index is -4.93. The third-order valence-corrected chi connectivity index (χ3v) is 5.19. The second-order valence-electron chi connectivity index (χ2n) is 6.64. The molecule has 0 bridgehead atoms. The Morgan fingerprint density at radius 1 is 1.16 bits per heavy atom. The van der Waals surface area contributed by atoms with Crippen LogP contribution in [0.15, 0.2) is 15.3 Å². The minimum Gasteiger partial charge on any atom is -1.00 e. The summed E-state index contributed by atoms with van der Waals surface area (Å²) in [4.78, 5) is 12.4. The van der Waals surface area contributed by atoms with Gasteiger partial charge in [0.2, 0.25) is 17.9 Å². The Morgan fingerprint density at radius 2 is 1.78 bits per heavy atom. The van der Waals surface area contributed by atoms with Gasteiger partial charge in [-0.2, -0.15) is 12.8 Å². The fourth-order valence-corrected chi connectivity index (χ4v) is 3.68. The number of hydrogen-bond donors (Lipinski definition) is 6. The molecule has 1 fully saturated rings. The standard InChI is InChI=1S/C16H16F2O12S.Na.H/c17-6-1-4-5(3-31(25,26)27)14(15(24)29-13(4)8(18)9(6)20)30-16-12(23)11(22)10(21)7(2-19)28-16;;/h1,7,10-12,16,19-23H,2-3H2,(H,25,26,27);;/q;+1;-1/t7-,10+,11+,12-,16+;;/m1../s1. The van der Waals surface area contributed by atoms with Crippen LogP contribution in [0, 0.1) is 11.6 Å². The summed E-state index contributed by atoms with van der Waals surface area (Å²) >= 11 is 0. The van der Waals surface area contributed by atoms with E-state index >= 15 is 0 Å². The summed E-state index contributed by atoms with van der Waals surface area (Å²) in [6.45, 7) is -0.856. The predicted octanol–water partition coefficient (Wildman–Crippen LogP) is -4.54. The van der Waals surface area contributed by atoms with E-state index < -0.39 is 98.5 Å². The topological polar surface area (TPSA) is 204 Å². The Bertz CT molecular complexity index is 1170. The van der Waals surface area contributed by atoms with E-state index in [0.717, 1.165) is 0 Å². The van der Waals surface area contributed by atoms with E-state index in [4.69, 9.17) is 9.47 Å². The zero-order chi connectivity index (χ0) is 23.2. The van der Waals surface area contributed by atoms with Crippen molar-refractivity contribution >= 4 is 21.1 Å². The Morgan fingerprint density at radius 3 is 2.34 bits per heavy atom. The number of halogens is 2. The molecular formula is C16H17F2NaO12S. The molecule has 0 amide bonds. The van der Waals surface area contributed by atoms with Gasteiger partial charge >= 0.3 is 35.2 Å². The van der Waals surface area contributed by atoms with Crippen LogP contribution in [0.1, 0.15) is 6.99 Å². The van der Waals surface area contributed by atoms with Crippen LogP contribution in [0.25, 0.3) is 11.0 Å². The molecule has 16 heteroatoms. The number of phenolic OH excluding ortho intramolecular Hbond substituents is 1. The number of fused-ring (bicyclic) bond motifs is 1. The van der Waals surface area contributed by atoms with E-state index in [1.54, 1.807) is 0 Å². The van der Waals surface area contributed by atoms with Crippen LogP contribution in [-0.4, -0.2) is 75.8 Å². The summed E-state index contributed by atoms with van der Waals surface area (Å²) in [6.07, 6.45) is -9.19. The maximum absolute atomic E-state index is 14.2. The first-order chi connectivity index (χ1) is 14.4. The summed E-state index contributed by atoms with van der Waals surface area (Å²) < 4.78 is 74.9.